The lowest BCUT2D eigenvalue weighted by molar-refractivity contribution is -0.383. The van der Waals surface area contributed by atoms with Gasteiger partial charge in [0, 0.05) is 12.5 Å². The van der Waals surface area contributed by atoms with Crippen LogP contribution in [0.5, 0.6) is 0 Å². The zero-order chi connectivity index (χ0) is 20.6. The first-order valence-corrected chi connectivity index (χ1v) is 9.88. The maximum absolute atomic E-state index is 11.9. The Bertz CT molecular complexity index is 1000. The highest BCUT2D eigenvalue weighted by Gasteiger charge is 2.15. The smallest absolute Gasteiger partial charge is 0.306 e. The van der Waals surface area contributed by atoms with Crippen molar-refractivity contribution in [3.05, 3.63) is 63.7 Å². The van der Waals surface area contributed by atoms with Gasteiger partial charge in [0.15, 0.2) is 6.61 Å². The monoisotopic (exact) mass is 413 g/mol. The predicted octanol–water partition coefficient (Wildman–Crippen LogP) is 4.10. The third-order valence-electron chi connectivity index (χ3n) is 4.10. The van der Waals surface area contributed by atoms with Crippen molar-refractivity contribution < 1.29 is 19.2 Å². The minimum atomic E-state index is -0.623. The molecule has 0 aliphatic rings. The number of hydrogen-bond acceptors (Lipinski definition) is 7. The Kier molecular flexibility index (Phi) is 6.85. The van der Waals surface area contributed by atoms with Gasteiger partial charge in [0.2, 0.25) is 0 Å². The molecule has 1 aromatic heterocycles. The van der Waals surface area contributed by atoms with E-state index in [1.165, 1.54) is 18.2 Å². The van der Waals surface area contributed by atoms with E-state index >= 15 is 0 Å². The number of nitrogens with zero attached hydrogens (tertiary/aromatic N) is 2. The number of hydrogen-bond donors (Lipinski definition) is 1. The van der Waals surface area contributed by atoms with Crippen molar-refractivity contribution in [2.24, 2.45) is 0 Å². The summed E-state index contributed by atoms with van der Waals surface area (Å²) >= 11 is 1.65. The van der Waals surface area contributed by atoms with Crippen LogP contribution in [-0.2, 0) is 20.7 Å². The number of nitro benzene ring substituents is 1. The van der Waals surface area contributed by atoms with Crippen molar-refractivity contribution in [2.75, 3.05) is 11.9 Å². The van der Waals surface area contributed by atoms with Crippen LogP contribution in [0.25, 0.3) is 10.2 Å². The summed E-state index contributed by atoms with van der Waals surface area (Å²) < 4.78 is 6.09. The molecule has 0 bridgehead atoms. The van der Waals surface area contributed by atoms with Crippen molar-refractivity contribution in [3.8, 4) is 0 Å². The Morgan fingerprint density at radius 3 is 2.66 bits per heavy atom. The van der Waals surface area contributed by atoms with Crippen LogP contribution in [0.3, 0.4) is 0 Å². The molecule has 29 heavy (non-hydrogen) atoms. The molecule has 0 fully saturated rings. The van der Waals surface area contributed by atoms with Gasteiger partial charge in [-0.05, 0) is 37.5 Å². The van der Waals surface area contributed by atoms with Crippen molar-refractivity contribution in [1.29, 1.82) is 0 Å². The number of esters is 1. The molecular formula is C20H19N3O5S. The molecule has 1 heterocycles. The number of amides is 1. The second-order valence-electron chi connectivity index (χ2n) is 6.27. The van der Waals surface area contributed by atoms with Gasteiger partial charge in [-0.15, -0.1) is 11.3 Å². The molecule has 3 aromatic rings. The Morgan fingerprint density at radius 1 is 1.10 bits per heavy atom. The zero-order valence-corrected chi connectivity index (χ0v) is 16.3. The van der Waals surface area contributed by atoms with E-state index in [1.807, 2.05) is 24.3 Å². The number of unbranched alkanes of at least 4 members (excludes halogenated alkanes) is 1. The Labute approximate surface area is 170 Å². The van der Waals surface area contributed by atoms with Crippen LogP contribution < -0.4 is 5.32 Å². The van der Waals surface area contributed by atoms with E-state index in [1.54, 1.807) is 17.4 Å². The Hall–Kier alpha value is -3.33. The first-order valence-electron chi connectivity index (χ1n) is 9.06. The quantitative estimate of drug-likeness (QED) is 0.245. The number of anilines is 1. The van der Waals surface area contributed by atoms with Crippen LogP contribution in [0.15, 0.2) is 48.5 Å². The number of rotatable bonds is 9. The molecule has 8 nitrogen and oxygen atoms in total. The molecule has 0 aliphatic heterocycles. The molecule has 0 saturated carbocycles. The molecule has 3 rings (SSSR count). The van der Waals surface area contributed by atoms with Gasteiger partial charge in [0.25, 0.3) is 11.6 Å². The van der Waals surface area contributed by atoms with E-state index in [4.69, 9.17) is 4.74 Å². The summed E-state index contributed by atoms with van der Waals surface area (Å²) in [7, 11) is 0. The van der Waals surface area contributed by atoms with Gasteiger partial charge in [0.05, 0.1) is 20.1 Å². The fourth-order valence-corrected chi connectivity index (χ4v) is 3.72. The third kappa shape index (κ3) is 5.82. The molecule has 9 heteroatoms. The number of nitro groups is 1. The maximum atomic E-state index is 11.9. The topological polar surface area (TPSA) is 111 Å². The highest BCUT2D eigenvalue weighted by Crippen LogP contribution is 2.24. The fraction of sp³-hybridized carbons (Fsp3) is 0.250. The maximum Gasteiger partial charge on any atom is 0.306 e. The molecular weight excluding hydrogens is 394 g/mol. The Morgan fingerprint density at radius 2 is 1.86 bits per heavy atom. The lowest BCUT2D eigenvalue weighted by atomic mass is 10.2. The first kappa shape index (κ1) is 20.4. The number of aryl methyl sites for hydroxylation is 1. The van der Waals surface area contributed by atoms with E-state index in [0.717, 1.165) is 28.1 Å². The largest absolute Gasteiger partial charge is 0.456 e. The van der Waals surface area contributed by atoms with Crippen LogP contribution in [0.4, 0.5) is 11.4 Å². The summed E-state index contributed by atoms with van der Waals surface area (Å²) in [5.74, 6) is -1.10. The number of nitrogens with one attached hydrogen (secondary N) is 1. The standard InChI is InChI=1S/C20H19N3O5S/c24-18(21-14-7-1-3-9-16(14)23(26)27)13-28-20(25)12-6-5-11-19-22-15-8-2-4-10-17(15)29-19/h1-4,7-10H,5-6,11-13H2,(H,21,24). The third-order valence-corrected chi connectivity index (χ3v) is 5.19. The molecule has 2 aromatic carbocycles. The highest BCUT2D eigenvalue weighted by molar-refractivity contribution is 7.18. The zero-order valence-electron chi connectivity index (χ0n) is 15.5. The number of fused-ring (bicyclic) bond motifs is 1. The van der Waals surface area contributed by atoms with Crippen LogP contribution in [0, 0.1) is 10.1 Å². The Balaban J connectivity index is 1.36. The number of aromatic nitrogens is 1. The fourth-order valence-electron chi connectivity index (χ4n) is 2.72. The average Bonchev–Trinajstić information content (AvgIpc) is 3.13. The van der Waals surface area contributed by atoms with Gasteiger partial charge in [-0.25, -0.2) is 4.98 Å². The summed E-state index contributed by atoms with van der Waals surface area (Å²) in [6.45, 7) is -0.483. The molecule has 1 N–H and O–H groups in total. The van der Waals surface area contributed by atoms with Crippen molar-refractivity contribution >= 4 is 44.8 Å². The lowest BCUT2D eigenvalue weighted by Crippen LogP contribution is -2.21. The second-order valence-corrected chi connectivity index (χ2v) is 7.38. The second kappa shape index (κ2) is 9.74. The summed E-state index contributed by atoms with van der Waals surface area (Å²) in [6, 6.07) is 13.7. The molecule has 0 unspecified atom stereocenters. The lowest BCUT2D eigenvalue weighted by Gasteiger charge is -2.07. The SMILES string of the molecule is O=C(COC(=O)CCCCc1nc2ccccc2s1)Nc1ccccc1[N+](=O)[O-]. The number of carbonyl (C=O) groups is 2. The van der Waals surface area contributed by atoms with E-state index in [0.29, 0.717) is 6.42 Å². The summed E-state index contributed by atoms with van der Waals surface area (Å²) in [4.78, 5) is 38.6. The number of thiazole rings is 1. The van der Waals surface area contributed by atoms with Crippen LogP contribution in [0.1, 0.15) is 24.3 Å². The van der Waals surface area contributed by atoms with Crippen LogP contribution >= 0.6 is 11.3 Å². The molecule has 150 valence electrons. The summed E-state index contributed by atoms with van der Waals surface area (Å²) in [6.07, 6.45) is 2.40. The molecule has 0 aliphatic carbocycles. The van der Waals surface area contributed by atoms with Gasteiger partial charge in [-0.3, -0.25) is 19.7 Å². The molecule has 0 radical (unpaired) electrons. The number of carbonyl (C=O) groups excluding carboxylic acids is 2. The van der Waals surface area contributed by atoms with E-state index in [2.05, 4.69) is 10.3 Å². The predicted molar refractivity (Wildman–Crippen MR) is 110 cm³/mol. The molecule has 0 spiro atoms. The number of ether oxygens (including phenoxy) is 1. The van der Waals surface area contributed by atoms with Gasteiger partial charge >= 0.3 is 5.97 Å². The van der Waals surface area contributed by atoms with E-state index < -0.39 is 23.4 Å². The average molecular weight is 413 g/mol. The molecule has 0 atom stereocenters. The van der Waals surface area contributed by atoms with E-state index in [-0.39, 0.29) is 17.8 Å². The van der Waals surface area contributed by atoms with Gasteiger partial charge in [0.1, 0.15) is 5.69 Å². The van der Waals surface area contributed by atoms with Gasteiger partial charge in [-0.2, -0.15) is 0 Å². The van der Waals surface area contributed by atoms with Crippen molar-refractivity contribution in [3.63, 3.8) is 0 Å². The normalized spacial score (nSPS) is 10.6. The molecule has 0 saturated heterocycles. The number of benzene rings is 2. The first-order chi connectivity index (χ1) is 14.0. The van der Waals surface area contributed by atoms with Gasteiger partial charge < -0.3 is 10.1 Å². The minimum absolute atomic E-state index is 0.0642. The summed E-state index contributed by atoms with van der Waals surface area (Å²) in [5, 5.41) is 14.3. The van der Waals surface area contributed by atoms with Crippen molar-refractivity contribution in [2.45, 2.75) is 25.7 Å². The molecule has 1 amide bonds. The number of para-hydroxylation sites is 3. The van der Waals surface area contributed by atoms with Crippen LogP contribution in [-0.4, -0.2) is 28.4 Å². The minimum Gasteiger partial charge on any atom is -0.456 e. The van der Waals surface area contributed by atoms with Gasteiger partial charge in [-0.1, -0.05) is 24.3 Å². The van der Waals surface area contributed by atoms with Crippen LogP contribution in [0.2, 0.25) is 0 Å². The van der Waals surface area contributed by atoms with E-state index in [9.17, 15) is 19.7 Å². The van der Waals surface area contributed by atoms with Crippen molar-refractivity contribution in [1.82, 2.24) is 4.98 Å². The highest BCUT2D eigenvalue weighted by atomic mass is 32.1. The summed E-state index contributed by atoms with van der Waals surface area (Å²) in [5.41, 5.74) is 0.827.